The van der Waals surface area contributed by atoms with E-state index >= 15 is 0 Å². The molecular weight excluding hydrogens is 374 g/mol. The molecule has 0 fully saturated rings. The van der Waals surface area contributed by atoms with E-state index in [1.165, 1.54) is 11.3 Å². The van der Waals surface area contributed by atoms with Gasteiger partial charge in [-0.25, -0.2) is 4.79 Å². The summed E-state index contributed by atoms with van der Waals surface area (Å²) in [5, 5.41) is 0. The zero-order chi connectivity index (χ0) is 20.3. The maximum absolute atomic E-state index is 12.6. The van der Waals surface area contributed by atoms with E-state index in [0.29, 0.717) is 29.1 Å². The van der Waals surface area contributed by atoms with Crippen LogP contribution in [0.3, 0.4) is 0 Å². The fraction of sp³-hybridized carbons (Fsp3) is 0.286. The summed E-state index contributed by atoms with van der Waals surface area (Å²) in [6.45, 7) is 4.78. The lowest BCUT2D eigenvalue weighted by Gasteiger charge is -2.11. The van der Waals surface area contributed by atoms with Crippen LogP contribution in [0, 0.1) is 0 Å². The molecule has 6 nitrogen and oxygen atoms in total. The standard InChI is InChI=1S/C21H23N3O3S/c1-5-24-17-12-9-15(20(26)27-6-2)13-18(17)28-21(24)22-19(25)14-7-10-16(11-8-14)23(3)4/h7-13H,5-6H2,1-4H3. The number of thiazole rings is 1. The van der Waals surface area contributed by atoms with Crippen LogP contribution in [-0.2, 0) is 11.3 Å². The molecule has 0 spiro atoms. The number of fused-ring (bicyclic) bond motifs is 1. The predicted molar refractivity (Wildman–Crippen MR) is 112 cm³/mol. The Hall–Kier alpha value is -2.93. The van der Waals surface area contributed by atoms with Crippen molar-refractivity contribution in [3.05, 3.63) is 58.4 Å². The highest BCUT2D eigenvalue weighted by atomic mass is 32.1. The first kappa shape index (κ1) is 19.8. The number of aryl methyl sites for hydroxylation is 1. The molecule has 1 aromatic heterocycles. The second kappa shape index (κ2) is 8.39. The van der Waals surface area contributed by atoms with Gasteiger partial charge in [-0.05, 0) is 56.3 Å². The van der Waals surface area contributed by atoms with Crippen LogP contribution in [0.15, 0.2) is 47.5 Å². The molecule has 1 heterocycles. The van der Waals surface area contributed by atoms with Crippen molar-refractivity contribution >= 4 is 39.1 Å². The van der Waals surface area contributed by atoms with E-state index < -0.39 is 0 Å². The van der Waals surface area contributed by atoms with Crippen molar-refractivity contribution in [3.8, 4) is 0 Å². The van der Waals surface area contributed by atoms with Gasteiger partial charge in [0.05, 0.1) is 22.4 Å². The minimum absolute atomic E-state index is 0.287. The van der Waals surface area contributed by atoms with E-state index in [9.17, 15) is 9.59 Å². The third-order valence-corrected chi connectivity index (χ3v) is 5.38. The second-order valence-electron chi connectivity index (χ2n) is 6.39. The zero-order valence-corrected chi connectivity index (χ0v) is 17.2. The molecule has 1 amide bonds. The molecule has 3 rings (SSSR count). The minimum atomic E-state index is -0.351. The van der Waals surface area contributed by atoms with Gasteiger partial charge in [-0.15, -0.1) is 0 Å². The third-order valence-electron chi connectivity index (χ3n) is 4.34. The summed E-state index contributed by atoms with van der Waals surface area (Å²) in [6.07, 6.45) is 0. The molecule has 0 atom stereocenters. The minimum Gasteiger partial charge on any atom is -0.462 e. The van der Waals surface area contributed by atoms with E-state index in [1.54, 1.807) is 31.2 Å². The number of carbonyl (C=O) groups excluding carboxylic acids is 2. The van der Waals surface area contributed by atoms with Crippen LogP contribution >= 0.6 is 11.3 Å². The third kappa shape index (κ3) is 3.99. The lowest BCUT2D eigenvalue weighted by atomic mass is 10.2. The van der Waals surface area contributed by atoms with Gasteiger partial charge < -0.3 is 14.2 Å². The molecule has 2 aromatic carbocycles. The molecule has 0 aliphatic heterocycles. The monoisotopic (exact) mass is 397 g/mol. The van der Waals surface area contributed by atoms with Crippen molar-refractivity contribution in [2.45, 2.75) is 20.4 Å². The van der Waals surface area contributed by atoms with Crippen LogP contribution in [0.4, 0.5) is 5.69 Å². The average molecular weight is 398 g/mol. The van der Waals surface area contributed by atoms with Crippen molar-refractivity contribution in [2.75, 3.05) is 25.6 Å². The Kier molecular flexibility index (Phi) is 5.94. The molecule has 0 aliphatic rings. The van der Waals surface area contributed by atoms with Gasteiger partial charge in [0.2, 0.25) is 0 Å². The van der Waals surface area contributed by atoms with Crippen molar-refractivity contribution < 1.29 is 14.3 Å². The van der Waals surface area contributed by atoms with Gasteiger partial charge in [0, 0.05) is 31.9 Å². The molecule has 0 saturated carbocycles. The van der Waals surface area contributed by atoms with Crippen LogP contribution in [0.2, 0.25) is 0 Å². The average Bonchev–Trinajstić information content (AvgIpc) is 3.04. The SMILES string of the molecule is CCOC(=O)c1ccc2c(c1)sc(=NC(=O)c1ccc(N(C)C)cc1)n2CC. The highest BCUT2D eigenvalue weighted by molar-refractivity contribution is 7.16. The molecule has 28 heavy (non-hydrogen) atoms. The topological polar surface area (TPSA) is 63.9 Å². The maximum atomic E-state index is 12.6. The number of aromatic nitrogens is 1. The molecule has 146 valence electrons. The van der Waals surface area contributed by atoms with Crippen LogP contribution in [0.1, 0.15) is 34.6 Å². The van der Waals surface area contributed by atoms with Gasteiger partial charge in [0.25, 0.3) is 5.91 Å². The van der Waals surface area contributed by atoms with Crippen LogP contribution in [0.5, 0.6) is 0 Å². The van der Waals surface area contributed by atoms with Crippen LogP contribution in [0.25, 0.3) is 10.2 Å². The number of anilines is 1. The molecule has 0 aliphatic carbocycles. The Labute approximate surface area is 167 Å². The summed E-state index contributed by atoms with van der Waals surface area (Å²) in [5.74, 6) is -0.638. The van der Waals surface area contributed by atoms with Gasteiger partial charge in [0.1, 0.15) is 0 Å². The van der Waals surface area contributed by atoms with Gasteiger partial charge in [-0.1, -0.05) is 11.3 Å². The van der Waals surface area contributed by atoms with Crippen LogP contribution < -0.4 is 9.70 Å². The highest BCUT2D eigenvalue weighted by Gasteiger charge is 2.12. The first-order valence-electron chi connectivity index (χ1n) is 9.11. The Morgan fingerprint density at radius 3 is 2.36 bits per heavy atom. The van der Waals surface area contributed by atoms with E-state index in [-0.39, 0.29) is 11.9 Å². The maximum Gasteiger partial charge on any atom is 0.338 e. The molecule has 0 bridgehead atoms. The highest BCUT2D eigenvalue weighted by Crippen LogP contribution is 2.20. The van der Waals surface area contributed by atoms with Crippen LogP contribution in [-0.4, -0.2) is 37.1 Å². The molecule has 0 N–H and O–H groups in total. The summed E-state index contributed by atoms with van der Waals surface area (Å²) in [7, 11) is 3.90. The Balaban J connectivity index is 2.01. The summed E-state index contributed by atoms with van der Waals surface area (Å²) in [6, 6.07) is 12.8. The number of benzene rings is 2. The number of esters is 1. The largest absolute Gasteiger partial charge is 0.462 e. The molecule has 0 saturated heterocycles. The smallest absolute Gasteiger partial charge is 0.338 e. The Morgan fingerprint density at radius 1 is 1.07 bits per heavy atom. The number of nitrogens with zero attached hydrogens (tertiary/aromatic N) is 3. The normalized spacial score (nSPS) is 11.6. The van der Waals surface area contributed by atoms with Gasteiger partial charge in [0.15, 0.2) is 4.80 Å². The van der Waals surface area contributed by atoms with Crippen molar-refractivity contribution in [1.29, 1.82) is 0 Å². The predicted octanol–water partition coefficient (Wildman–Crippen LogP) is 3.71. The lowest BCUT2D eigenvalue weighted by Crippen LogP contribution is -2.16. The summed E-state index contributed by atoms with van der Waals surface area (Å²) in [5.41, 5.74) is 3.00. The Bertz CT molecular complexity index is 1080. The number of rotatable bonds is 5. The number of hydrogen-bond acceptors (Lipinski definition) is 5. The molecule has 0 radical (unpaired) electrons. The first-order chi connectivity index (χ1) is 13.4. The number of ether oxygens (including phenoxy) is 1. The molecule has 7 heteroatoms. The van der Waals surface area contributed by atoms with E-state index in [2.05, 4.69) is 4.99 Å². The number of carbonyl (C=O) groups is 2. The second-order valence-corrected chi connectivity index (χ2v) is 7.40. The van der Waals surface area contributed by atoms with E-state index in [1.807, 2.05) is 48.7 Å². The van der Waals surface area contributed by atoms with Gasteiger partial charge >= 0.3 is 5.97 Å². The van der Waals surface area contributed by atoms with Gasteiger partial charge in [-0.2, -0.15) is 4.99 Å². The van der Waals surface area contributed by atoms with E-state index in [4.69, 9.17) is 4.74 Å². The summed E-state index contributed by atoms with van der Waals surface area (Å²) < 4.78 is 7.93. The fourth-order valence-electron chi connectivity index (χ4n) is 2.86. The van der Waals surface area contributed by atoms with Crippen molar-refractivity contribution in [2.24, 2.45) is 4.99 Å². The van der Waals surface area contributed by atoms with Crippen molar-refractivity contribution in [1.82, 2.24) is 4.57 Å². The zero-order valence-electron chi connectivity index (χ0n) is 16.4. The lowest BCUT2D eigenvalue weighted by molar-refractivity contribution is 0.0526. The number of amides is 1. The molecule has 0 unspecified atom stereocenters. The first-order valence-corrected chi connectivity index (χ1v) is 9.93. The van der Waals surface area contributed by atoms with Crippen molar-refractivity contribution in [3.63, 3.8) is 0 Å². The summed E-state index contributed by atoms with van der Waals surface area (Å²) >= 11 is 1.39. The van der Waals surface area contributed by atoms with E-state index in [0.717, 1.165) is 15.9 Å². The fourth-order valence-corrected chi connectivity index (χ4v) is 3.99. The molecular formula is C21H23N3O3S. The summed E-state index contributed by atoms with van der Waals surface area (Å²) in [4.78, 5) is 31.5. The van der Waals surface area contributed by atoms with Gasteiger partial charge in [-0.3, -0.25) is 4.79 Å². The number of hydrogen-bond donors (Lipinski definition) is 0. The quantitative estimate of drug-likeness (QED) is 0.616. The Morgan fingerprint density at radius 2 is 1.75 bits per heavy atom. The molecule has 3 aromatic rings.